The molecule has 34 heavy (non-hydrogen) atoms. The van der Waals surface area contributed by atoms with Gasteiger partial charge in [0.05, 0.1) is 24.5 Å². The Hall–Kier alpha value is -3.42. The minimum absolute atomic E-state index is 0.389. The first-order chi connectivity index (χ1) is 16.3. The lowest BCUT2D eigenvalue weighted by atomic mass is 10.0. The van der Waals surface area contributed by atoms with E-state index in [4.69, 9.17) is 14.2 Å². The second kappa shape index (κ2) is 8.74. The molecule has 0 aromatic heterocycles. The van der Waals surface area contributed by atoms with Crippen molar-refractivity contribution in [2.45, 2.75) is 32.9 Å². The summed E-state index contributed by atoms with van der Waals surface area (Å²) in [7, 11) is 0. The highest BCUT2D eigenvalue weighted by molar-refractivity contribution is 6.33. The Bertz CT molecular complexity index is 1240. The summed E-state index contributed by atoms with van der Waals surface area (Å²) in [5, 5.41) is 1.46. The molecule has 0 saturated carbocycles. The molecule has 0 bridgehead atoms. The fourth-order valence-electron chi connectivity index (χ4n) is 4.34. The van der Waals surface area contributed by atoms with Gasteiger partial charge in [0.2, 0.25) is 0 Å². The van der Waals surface area contributed by atoms with E-state index in [-0.39, 0.29) is 5.91 Å². The molecule has 7 nitrogen and oxygen atoms in total. The predicted octanol–water partition coefficient (Wildman–Crippen LogP) is 5.36. The topological polar surface area (TPSA) is 68.3 Å². The molecule has 2 aliphatic rings. The van der Waals surface area contributed by atoms with Crippen LogP contribution in [0, 0.1) is 0 Å². The van der Waals surface area contributed by atoms with Crippen LogP contribution < -0.4 is 9.64 Å². The van der Waals surface area contributed by atoms with Crippen LogP contribution in [0.1, 0.15) is 36.7 Å². The van der Waals surface area contributed by atoms with Gasteiger partial charge in [0, 0.05) is 30.4 Å². The standard InChI is InChI=1S/C27H28N2O5/c1-27(2,3)34-26(31)29-22-11-12-23(20-5-4-6-21(24(20)22)25(29)30)33-19-9-7-18(8-10-19)17-28-13-15-32-16-14-28/h4-12H,13-17H2,1-3H3. The molecular formula is C27H28N2O5. The summed E-state index contributed by atoms with van der Waals surface area (Å²) in [5.74, 6) is 0.944. The molecule has 7 heteroatoms. The Labute approximate surface area is 198 Å². The highest BCUT2D eigenvalue weighted by atomic mass is 16.6. The Balaban J connectivity index is 1.40. The molecule has 0 spiro atoms. The third kappa shape index (κ3) is 4.36. The molecule has 2 heterocycles. The average molecular weight is 461 g/mol. The van der Waals surface area contributed by atoms with Gasteiger partial charge in [0.15, 0.2) is 0 Å². The molecule has 2 aliphatic heterocycles. The van der Waals surface area contributed by atoms with Gasteiger partial charge in [0.25, 0.3) is 5.91 Å². The van der Waals surface area contributed by atoms with Crippen LogP contribution in [-0.2, 0) is 16.0 Å². The largest absolute Gasteiger partial charge is 0.457 e. The predicted molar refractivity (Wildman–Crippen MR) is 130 cm³/mol. The molecule has 1 saturated heterocycles. The lowest BCUT2D eigenvalue weighted by molar-refractivity contribution is 0.0342. The van der Waals surface area contributed by atoms with E-state index in [1.54, 1.807) is 45.0 Å². The smallest absolute Gasteiger partial charge is 0.422 e. The number of carbonyl (C=O) groups excluding carboxylic acids is 2. The van der Waals surface area contributed by atoms with Crippen LogP contribution in [0.2, 0.25) is 0 Å². The van der Waals surface area contributed by atoms with E-state index < -0.39 is 11.7 Å². The van der Waals surface area contributed by atoms with Crippen LogP contribution >= 0.6 is 0 Å². The molecule has 0 atom stereocenters. The number of ether oxygens (including phenoxy) is 3. The SMILES string of the molecule is CC(C)(C)OC(=O)N1C(=O)c2cccc3c(Oc4ccc(CN5CCOCC5)cc4)ccc1c23. The molecule has 0 radical (unpaired) electrons. The van der Waals surface area contributed by atoms with Crippen molar-refractivity contribution in [1.29, 1.82) is 0 Å². The zero-order valence-corrected chi connectivity index (χ0v) is 19.7. The lowest BCUT2D eigenvalue weighted by Crippen LogP contribution is -2.38. The van der Waals surface area contributed by atoms with Crippen molar-refractivity contribution in [1.82, 2.24) is 4.90 Å². The van der Waals surface area contributed by atoms with Gasteiger partial charge in [-0.15, -0.1) is 0 Å². The summed E-state index contributed by atoms with van der Waals surface area (Å²) < 4.78 is 17.1. The zero-order chi connectivity index (χ0) is 23.9. The fraction of sp³-hybridized carbons (Fsp3) is 0.333. The summed E-state index contributed by atoms with van der Waals surface area (Å²) in [6.45, 7) is 9.65. The molecule has 0 N–H and O–H groups in total. The molecule has 0 aliphatic carbocycles. The number of benzene rings is 3. The fourth-order valence-corrected chi connectivity index (χ4v) is 4.34. The minimum atomic E-state index is -0.706. The maximum absolute atomic E-state index is 13.0. The van der Waals surface area contributed by atoms with Crippen molar-refractivity contribution < 1.29 is 23.8 Å². The number of carbonyl (C=O) groups is 2. The molecule has 1 fully saturated rings. The second-order valence-corrected chi connectivity index (χ2v) is 9.57. The maximum Gasteiger partial charge on any atom is 0.422 e. The van der Waals surface area contributed by atoms with E-state index in [1.807, 2.05) is 18.2 Å². The molecule has 0 unspecified atom stereocenters. The van der Waals surface area contributed by atoms with Gasteiger partial charge in [-0.05, 0) is 56.7 Å². The average Bonchev–Trinajstić information content (AvgIpc) is 3.10. The molecule has 176 valence electrons. The Morgan fingerprint density at radius 1 is 1.00 bits per heavy atom. The number of nitrogens with zero attached hydrogens (tertiary/aromatic N) is 2. The van der Waals surface area contributed by atoms with Crippen molar-refractivity contribution in [2.75, 3.05) is 31.2 Å². The Morgan fingerprint density at radius 3 is 2.44 bits per heavy atom. The van der Waals surface area contributed by atoms with E-state index >= 15 is 0 Å². The van der Waals surface area contributed by atoms with Crippen molar-refractivity contribution >= 4 is 28.5 Å². The summed E-state index contributed by atoms with van der Waals surface area (Å²) in [4.78, 5) is 29.3. The van der Waals surface area contributed by atoms with Crippen LogP contribution in [0.25, 0.3) is 10.8 Å². The van der Waals surface area contributed by atoms with Gasteiger partial charge in [-0.25, -0.2) is 9.69 Å². The number of hydrogen-bond acceptors (Lipinski definition) is 6. The number of imide groups is 1. The van der Waals surface area contributed by atoms with Crippen molar-refractivity contribution in [3.8, 4) is 11.5 Å². The second-order valence-electron chi connectivity index (χ2n) is 9.57. The first-order valence-corrected chi connectivity index (χ1v) is 11.5. The quantitative estimate of drug-likeness (QED) is 0.522. The summed E-state index contributed by atoms with van der Waals surface area (Å²) in [6.07, 6.45) is -0.681. The van der Waals surface area contributed by atoms with Crippen molar-refractivity contribution in [2.24, 2.45) is 0 Å². The molecular weight excluding hydrogens is 432 g/mol. The van der Waals surface area contributed by atoms with Crippen LogP contribution in [0.15, 0.2) is 54.6 Å². The zero-order valence-electron chi connectivity index (χ0n) is 19.7. The summed E-state index contributed by atoms with van der Waals surface area (Å²) in [5.41, 5.74) is 1.48. The van der Waals surface area contributed by atoms with Gasteiger partial charge in [-0.3, -0.25) is 9.69 Å². The van der Waals surface area contributed by atoms with Crippen LogP contribution in [0.3, 0.4) is 0 Å². The number of hydrogen-bond donors (Lipinski definition) is 0. The van der Waals surface area contributed by atoms with Gasteiger partial charge in [-0.1, -0.05) is 24.3 Å². The highest BCUT2D eigenvalue weighted by Crippen LogP contribution is 2.43. The van der Waals surface area contributed by atoms with E-state index in [2.05, 4.69) is 17.0 Å². The summed E-state index contributed by atoms with van der Waals surface area (Å²) >= 11 is 0. The van der Waals surface area contributed by atoms with E-state index in [0.29, 0.717) is 28.1 Å². The lowest BCUT2D eigenvalue weighted by Gasteiger charge is -2.26. The molecule has 3 aromatic rings. The molecule has 5 rings (SSSR count). The minimum Gasteiger partial charge on any atom is -0.457 e. The number of amides is 2. The Kier molecular flexibility index (Phi) is 5.75. The monoisotopic (exact) mass is 460 g/mol. The number of rotatable bonds is 4. The van der Waals surface area contributed by atoms with E-state index in [9.17, 15) is 9.59 Å². The van der Waals surface area contributed by atoms with Gasteiger partial charge >= 0.3 is 6.09 Å². The van der Waals surface area contributed by atoms with Crippen LogP contribution in [0.5, 0.6) is 11.5 Å². The van der Waals surface area contributed by atoms with Crippen LogP contribution in [-0.4, -0.2) is 48.8 Å². The van der Waals surface area contributed by atoms with E-state index in [1.165, 1.54) is 5.56 Å². The molecule has 2 amide bonds. The van der Waals surface area contributed by atoms with Crippen molar-refractivity contribution in [3.63, 3.8) is 0 Å². The van der Waals surface area contributed by atoms with E-state index in [0.717, 1.165) is 43.1 Å². The number of anilines is 1. The molecule has 3 aromatic carbocycles. The third-order valence-electron chi connectivity index (χ3n) is 5.89. The first-order valence-electron chi connectivity index (χ1n) is 11.5. The first kappa shape index (κ1) is 22.4. The Morgan fingerprint density at radius 2 is 1.74 bits per heavy atom. The number of morpholine rings is 1. The third-order valence-corrected chi connectivity index (χ3v) is 5.89. The van der Waals surface area contributed by atoms with Crippen molar-refractivity contribution in [3.05, 3.63) is 65.7 Å². The van der Waals surface area contributed by atoms with Gasteiger partial charge < -0.3 is 14.2 Å². The normalized spacial score (nSPS) is 16.2. The summed E-state index contributed by atoms with van der Waals surface area (Å²) in [6, 6.07) is 17.0. The van der Waals surface area contributed by atoms with Gasteiger partial charge in [-0.2, -0.15) is 0 Å². The maximum atomic E-state index is 13.0. The van der Waals surface area contributed by atoms with Gasteiger partial charge in [0.1, 0.15) is 17.1 Å². The van der Waals surface area contributed by atoms with Crippen LogP contribution in [0.4, 0.5) is 10.5 Å². The highest BCUT2D eigenvalue weighted by Gasteiger charge is 2.37.